The Kier molecular flexibility index (Phi) is 7.08. The van der Waals surface area contributed by atoms with Gasteiger partial charge in [0.1, 0.15) is 12.4 Å². The van der Waals surface area contributed by atoms with Crippen LogP contribution in [0, 0.1) is 0 Å². The Morgan fingerprint density at radius 2 is 1.90 bits per heavy atom. The fourth-order valence-electron chi connectivity index (χ4n) is 1.58. The Morgan fingerprint density at radius 1 is 1.19 bits per heavy atom. The summed E-state index contributed by atoms with van der Waals surface area (Å²) < 4.78 is 10.3. The summed E-state index contributed by atoms with van der Waals surface area (Å²) in [7, 11) is 0. The van der Waals surface area contributed by atoms with Crippen LogP contribution in [0.1, 0.15) is 26.7 Å². The third-order valence-electron chi connectivity index (χ3n) is 2.52. The van der Waals surface area contributed by atoms with Gasteiger partial charge in [-0.2, -0.15) is 0 Å². The second-order valence-electron chi connectivity index (χ2n) is 4.83. The van der Waals surface area contributed by atoms with Gasteiger partial charge in [0, 0.05) is 6.04 Å². The number of anilines is 1. The van der Waals surface area contributed by atoms with Crippen molar-refractivity contribution in [1.82, 2.24) is 5.32 Å². The van der Waals surface area contributed by atoms with Crippen LogP contribution in [0.15, 0.2) is 24.3 Å². The summed E-state index contributed by atoms with van der Waals surface area (Å²) in [5.41, 5.74) is 6.23. The van der Waals surface area contributed by atoms with E-state index in [1.165, 1.54) is 0 Å². The van der Waals surface area contributed by atoms with Crippen LogP contribution in [-0.4, -0.2) is 31.1 Å². The molecule has 0 aliphatic heterocycles. The number of carbonyl (C=O) groups excluding carboxylic acids is 2. The van der Waals surface area contributed by atoms with E-state index in [2.05, 4.69) is 5.32 Å². The number of rotatable bonds is 8. The minimum absolute atomic E-state index is 0.0743. The van der Waals surface area contributed by atoms with Crippen molar-refractivity contribution in [1.29, 1.82) is 0 Å². The van der Waals surface area contributed by atoms with Gasteiger partial charge in [-0.3, -0.25) is 9.59 Å². The molecule has 0 fully saturated rings. The first kappa shape index (κ1) is 16.8. The Bertz CT molecular complexity index is 474. The summed E-state index contributed by atoms with van der Waals surface area (Å²) in [5.74, 6) is 0.00886. The van der Waals surface area contributed by atoms with Crippen LogP contribution in [0.3, 0.4) is 0 Å². The van der Waals surface area contributed by atoms with Crippen LogP contribution in [-0.2, 0) is 14.3 Å². The lowest BCUT2D eigenvalue weighted by atomic mass is 10.3. The highest BCUT2D eigenvalue weighted by atomic mass is 16.5. The average Bonchev–Trinajstić information content (AvgIpc) is 2.40. The van der Waals surface area contributed by atoms with Crippen molar-refractivity contribution in [3.05, 3.63) is 24.3 Å². The second kappa shape index (κ2) is 8.84. The number of benzene rings is 1. The van der Waals surface area contributed by atoms with Gasteiger partial charge < -0.3 is 20.5 Å². The molecule has 0 aromatic heterocycles. The van der Waals surface area contributed by atoms with Crippen molar-refractivity contribution < 1.29 is 19.1 Å². The van der Waals surface area contributed by atoms with Gasteiger partial charge in [-0.1, -0.05) is 12.1 Å². The minimum Gasteiger partial charge on any atom is -0.491 e. The quantitative estimate of drug-likeness (QED) is 0.560. The van der Waals surface area contributed by atoms with Gasteiger partial charge in [-0.25, -0.2) is 0 Å². The predicted octanol–water partition coefficient (Wildman–Crippen LogP) is 1.50. The van der Waals surface area contributed by atoms with Gasteiger partial charge in [-0.05, 0) is 26.0 Å². The molecule has 21 heavy (non-hydrogen) atoms. The Balaban J connectivity index is 2.14. The van der Waals surface area contributed by atoms with E-state index in [0.717, 1.165) is 0 Å². The summed E-state index contributed by atoms with van der Waals surface area (Å²) in [5, 5.41) is 2.72. The molecule has 1 amide bonds. The fraction of sp³-hybridized carbons (Fsp3) is 0.467. The van der Waals surface area contributed by atoms with Gasteiger partial charge >= 0.3 is 5.97 Å². The maximum absolute atomic E-state index is 11.5. The molecule has 0 bridgehead atoms. The number of para-hydroxylation sites is 2. The molecule has 0 heterocycles. The number of ether oxygens (including phenoxy) is 2. The summed E-state index contributed by atoms with van der Waals surface area (Å²) in [4.78, 5) is 22.8. The summed E-state index contributed by atoms with van der Waals surface area (Å²) >= 11 is 0. The first-order valence-corrected chi connectivity index (χ1v) is 6.91. The van der Waals surface area contributed by atoms with Gasteiger partial charge in [0.15, 0.2) is 0 Å². The zero-order chi connectivity index (χ0) is 15.7. The van der Waals surface area contributed by atoms with E-state index in [1.54, 1.807) is 24.3 Å². The number of hydrogen-bond donors (Lipinski definition) is 2. The third-order valence-corrected chi connectivity index (χ3v) is 2.52. The number of carbonyl (C=O) groups is 2. The fourth-order valence-corrected chi connectivity index (χ4v) is 1.58. The van der Waals surface area contributed by atoms with Crippen molar-refractivity contribution in [3.8, 4) is 5.75 Å². The van der Waals surface area contributed by atoms with Crippen LogP contribution in [0.5, 0.6) is 5.75 Å². The van der Waals surface area contributed by atoms with E-state index in [9.17, 15) is 9.59 Å². The number of nitrogens with two attached hydrogens (primary N) is 1. The monoisotopic (exact) mass is 294 g/mol. The molecular weight excluding hydrogens is 272 g/mol. The normalized spacial score (nSPS) is 10.2. The highest BCUT2D eigenvalue weighted by molar-refractivity contribution is 5.76. The average molecular weight is 294 g/mol. The SMILES string of the molecule is CC(C)NC(=O)CCOC(=O)CCOc1ccccc1N. The van der Waals surface area contributed by atoms with Crippen LogP contribution >= 0.6 is 0 Å². The predicted molar refractivity (Wildman–Crippen MR) is 79.8 cm³/mol. The van der Waals surface area contributed by atoms with Crippen molar-refractivity contribution >= 4 is 17.6 Å². The molecule has 116 valence electrons. The molecule has 0 atom stereocenters. The molecule has 0 saturated heterocycles. The molecule has 0 saturated carbocycles. The number of amides is 1. The number of esters is 1. The summed E-state index contributed by atoms with van der Waals surface area (Å²) in [6.07, 6.45) is 0.274. The van der Waals surface area contributed by atoms with E-state index >= 15 is 0 Å². The smallest absolute Gasteiger partial charge is 0.309 e. The molecule has 1 aromatic rings. The summed E-state index contributed by atoms with van der Waals surface area (Å²) in [6.45, 7) is 4.00. The Morgan fingerprint density at radius 3 is 2.57 bits per heavy atom. The standard InChI is InChI=1S/C15H22N2O4/c1-11(2)17-14(18)7-9-21-15(19)8-10-20-13-6-4-3-5-12(13)16/h3-6,11H,7-10,16H2,1-2H3,(H,17,18). The van der Waals surface area contributed by atoms with Crippen molar-refractivity contribution in [2.24, 2.45) is 0 Å². The zero-order valence-electron chi connectivity index (χ0n) is 12.4. The molecular formula is C15H22N2O4. The lowest BCUT2D eigenvalue weighted by molar-refractivity contribution is -0.144. The summed E-state index contributed by atoms with van der Waals surface area (Å²) in [6, 6.07) is 7.14. The first-order chi connectivity index (χ1) is 9.99. The molecule has 0 aliphatic carbocycles. The molecule has 0 radical (unpaired) electrons. The van der Waals surface area contributed by atoms with E-state index in [4.69, 9.17) is 15.2 Å². The van der Waals surface area contributed by atoms with E-state index in [1.807, 2.05) is 13.8 Å². The van der Waals surface area contributed by atoms with Crippen LogP contribution in [0.2, 0.25) is 0 Å². The van der Waals surface area contributed by atoms with Crippen molar-refractivity contribution in [2.75, 3.05) is 18.9 Å². The molecule has 1 aromatic carbocycles. The third kappa shape index (κ3) is 7.20. The Labute approximate surface area is 124 Å². The number of hydrogen-bond acceptors (Lipinski definition) is 5. The molecule has 0 unspecified atom stereocenters. The topological polar surface area (TPSA) is 90.6 Å². The Hall–Kier alpha value is -2.24. The van der Waals surface area contributed by atoms with Gasteiger partial charge in [0.25, 0.3) is 0 Å². The van der Waals surface area contributed by atoms with E-state index in [0.29, 0.717) is 11.4 Å². The maximum Gasteiger partial charge on any atom is 0.309 e. The molecule has 1 rings (SSSR count). The van der Waals surface area contributed by atoms with Crippen LogP contribution in [0.25, 0.3) is 0 Å². The first-order valence-electron chi connectivity index (χ1n) is 6.91. The minimum atomic E-state index is -0.401. The van der Waals surface area contributed by atoms with Crippen molar-refractivity contribution in [3.63, 3.8) is 0 Å². The lowest BCUT2D eigenvalue weighted by Gasteiger charge is -2.09. The molecule has 0 aliphatic rings. The van der Waals surface area contributed by atoms with E-state index in [-0.39, 0.29) is 38.0 Å². The van der Waals surface area contributed by atoms with Gasteiger partial charge in [0.2, 0.25) is 5.91 Å². The van der Waals surface area contributed by atoms with Gasteiger partial charge in [-0.15, -0.1) is 0 Å². The van der Waals surface area contributed by atoms with Crippen LogP contribution in [0.4, 0.5) is 5.69 Å². The lowest BCUT2D eigenvalue weighted by Crippen LogP contribution is -2.31. The highest BCUT2D eigenvalue weighted by Gasteiger charge is 2.07. The molecule has 0 spiro atoms. The van der Waals surface area contributed by atoms with Crippen LogP contribution < -0.4 is 15.8 Å². The van der Waals surface area contributed by atoms with Crippen molar-refractivity contribution in [2.45, 2.75) is 32.7 Å². The highest BCUT2D eigenvalue weighted by Crippen LogP contribution is 2.19. The number of nitrogens with one attached hydrogen (secondary N) is 1. The van der Waals surface area contributed by atoms with E-state index < -0.39 is 5.97 Å². The number of nitrogen functional groups attached to an aromatic ring is 1. The second-order valence-corrected chi connectivity index (χ2v) is 4.83. The molecule has 6 nitrogen and oxygen atoms in total. The molecule has 6 heteroatoms. The molecule has 3 N–H and O–H groups in total. The van der Waals surface area contributed by atoms with Gasteiger partial charge in [0.05, 0.1) is 25.1 Å². The maximum atomic E-state index is 11.5. The largest absolute Gasteiger partial charge is 0.491 e. The zero-order valence-corrected chi connectivity index (χ0v) is 12.4.